The zero-order valence-electron chi connectivity index (χ0n) is 17.7. The van der Waals surface area contributed by atoms with E-state index < -0.39 is 10.0 Å². The molecule has 2 amide bonds. The van der Waals surface area contributed by atoms with Crippen molar-refractivity contribution in [1.29, 1.82) is 0 Å². The summed E-state index contributed by atoms with van der Waals surface area (Å²) < 4.78 is 31.9. The van der Waals surface area contributed by atoms with E-state index in [2.05, 4.69) is 24.5 Å². The summed E-state index contributed by atoms with van der Waals surface area (Å²) >= 11 is 0. The lowest BCUT2D eigenvalue weighted by molar-refractivity contribution is 0.108. The topological polar surface area (TPSA) is 87.7 Å². The van der Waals surface area contributed by atoms with Gasteiger partial charge in [0.2, 0.25) is 10.0 Å². The molecule has 0 aliphatic heterocycles. The van der Waals surface area contributed by atoms with Crippen LogP contribution in [-0.2, 0) is 14.8 Å². The highest BCUT2D eigenvalue weighted by Gasteiger charge is 2.21. The number of carbonyl (C=O) groups is 1. The van der Waals surface area contributed by atoms with Crippen molar-refractivity contribution in [2.45, 2.75) is 52.0 Å². The van der Waals surface area contributed by atoms with E-state index >= 15 is 0 Å². The lowest BCUT2D eigenvalue weighted by Crippen LogP contribution is -2.37. The highest BCUT2D eigenvalue weighted by molar-refractivity contribution is 7.89. The number of sulfonamides is 1. The second-order valence-corrected chi connectivity index (χ2v) is 9.04. The van der Waals surface area contributed by atoms with Crippen LogP contribution in [0.4, 0.5) is 4.79 Å². The van der Waals surface area contributed by atoms with E-state index in [1.54, 1.807) is 24.3 Å². The number of benzene rings is 1. The van der Waals surface area contributed by atoms with Crippen molar-refractivity contribution in [3.05, 3.63) is 29.8 Å². The Balaban J connectivity index is 2.50. The van der Waals surface area contributed by atoms with Gasteiger partial charge in [-0.05, 0) is 37.0 Å². The number of ether oxygens (including phenoxy) is 1. The summed E-state index contributed by atoms with van der Waals surface area (Å²) in [5, 5.41) is 5.66. The summed E-state index contributed by atoms with van der Waals surface area (Å²) in [7, 11) is -3.47. The minimum Gasteiger partial charge on any atom is -0.381 e. The molecule has 0 saturated heterocycles. The minimum absolute atomic E-state index is 0.234. The molecule has 28 heavy (non-hydrogen) atoms. The second kappa shape index (κ2) is 12.0. The van der Waals surface area contributed by atoms with Crippen molar-refractivity contribution < 1.29 is 17.9 Å². The van der Waals surface area contributed by atoms with Crippen molar-refractivity contribution in [2.24, 2.45) is 5.92 Å². The predicted molar refractivity (Wildman–Crippen MR) is 112 cm³/mol. The quantitative estimate of drug-likeness (QED) is 0.515. The maximum absolute atomic E-state index is 12.5. The van der Waals surface area contributed by atoms with E-state index in [-0.39, 0.29) is 17.0 Å². The van der Waals surface area contributed by atoms with Crippen LogP contribution in [0.5, 0.6) is 0 Å². The van der Waals surface area contributed by atoms with E-state index in [9.17, 15) is 13.2 Å². The Morgan fingerprint density at radius 1 is 1.11 bits per heavy atom. The fourth-order valence-electron chi connectivity index (χ4n) is 2.67. The summed E-state index contributed by atoms with van der Waals surface area (Å²) in [6.45, 7) is 12.4. The lowest BCUT2D eigenvalue weighted by atomic mass is 10.1. The van der Waals surface area contributed by atoms with Gasteiger partial charge in [-0.15, -0.1) is 0 Å². The predicted octanol–water partition coefficient (Wildman–Crippen LogP) is 3.14. The number of rotatable bonds is 12. The molecule has 7 nitrogen and oxygen atoms in total. The van der Waals surface area contributed by atoms with Crippen LogP contribution in [0.3, 0.4) is 0 Å². The summed E-state index contributed by atoms with van der Waals surface area (Å²) in [5.74, 6) is 0.505. The first kappa shape index (κ1) is 24.4. The molecule has 1 atom stereocenters. The van der Waals surface area contributed by atoms with E-state index in [0.717, 1.165) is 18.6 Å². The number of nitrogens with zero attached hydrogens (tertiary/aromatic N) is 1. The van der Waals surface area contributed by atoms with Gasteiger partial charge in [0.25, 0.3) is 0 Å². The molecule has 0 spiro atoms. The molecule has 0 saturated carbocycles. The van der Waals surface area contributed by atoms with Gasteiger partial charge in [-0.2, -0.15) is 4.31 Å². The molecule has 8 heteroatoms. The van der Waals surface area contributed by atoms with Crippen LogP contribution in [0.2, 0.25) is 0 Å². The fraction of sp³-hybridized carbons (Fsp3) is 0.650. The largest absolute Gasteiger partial charge is 0.381 e. The molecule has 0 aliphatic carbocycles. The van der Waals surface area contributed by atoms with Crippen LogP contribution in [0.15, 0.2) is 29.2 Å². The van der Waals surface area contributed by atoms with Crippen molar-refractivity contribution in [2.75, 3.05) is 32.8 Å². The SMILES string of the molecule is CCN(CC)S(=O)(=O)c1ccc([C@@H](C)NC(=O)NCCCOCC(C)C)cc1. The van der Waals surface area contributed by atoms with Gasteiger partial charge in [0.05, 0.1) is 10.9 Å². The van der Waals surface area contributed by atoms with Gasteiger partial charge in [-0.3, -0.25) is 0 Å². The van der Waals surface area contributed by atoms with Crippen LogP contribution in [0, 0.1) is 5.92 Å². The van der Waals surface area contributed by atoms with Crippen LogP contribution >= 0.6 is 0 Å². The molecule has 1 aromatic carbocycles. The van der Waals surface area contributed by atoms with E-state index in [1.165, 1.54) is 4.31 Å². The summed E-state index contributed by atoms with van der Waals surface area (Å²) in [6, 6.07) is 6.16. The van der Waals surface area contributed by atoms with Crippen LogP contribution in [-0.4, -0.2) is 51.6 Å². The third-order valence-corrected chi connectivity index (χ3v) is 6.34. The number of amides is 2. The first-order valence-corrected chi connectivity index (χ1v) is 11.4. The van der Waals surface area contributed by atoms with Gasteiger partial charge >= 0.3 is 6.03 Å². The Bertz CT molecular complexity index is 686. The average molecular weight is 414 g/mol. The number of urea groups is 1. The fourth-order valence-corrected chi connectivity index (χ4v) is 4.13. The summed E-state index contributed by atoms with van der Waals surface area (Å²) in [6.07, 6.45) is 0.756. The molecule has 0 bridgehead atoms. The molecule has 0 heterocycles. The lowest BCUT2D eigenvalue weighted by Gasteiger charge is -2.19. The molecule has 0 fully saturated rings. The average Bonchev–Trinajstić information content (AvgIpc) is 2.65. The normalized spacial score (nSPS) is 13.0. The number of nitrogens with one attached hydrogen (secondary N) is 2. The summed E-state index contributed by atoms with van der Waals surface area (Å²) in [5.41, 5.74) is 0.842. The molecule has 0 unspecified atom stereocenters. The number of hydrogen-bond donors (Lipinski definition) is 2. The van der Waals surface area contributed by atoms with Gasteiger partial charge < -0.3 is 15.4 Å². The number of hydrogen-bond acceptors (Lipinski definition) is 4. The highest BCUT2D eigenvalue weighted by Crippen LogP contribution is 2.19. The van der Waals surface area contributed by atoms with E-state index in [1.807, 2.05) is 20.8 Å². The van der Waals surface area contributed by atoms with Crippen molar-refractivity contribution in [3.63, 3.8) is 0 Å². The molecule has 0 aliphatic rings. The van der Waals surface area contributed by atoms with Crippen molar-refractivity contribution in [1.82, 2.24) is 14.9 Å². The van der Waals surface area contributed by atoms with Gasteiger partial charge in [-0.1, -0.05) is 39.8 Å². The monoisotopic (exact) mass is 413 g/mol. The molecule has 1 aromatic rings. The maximum atomic E-state index is 12.5. The summed E-state index contributed by atoms with van der Waals surface area (Å²) in [4.78, 5) is 12.3. The molecular weight excluding hydrogens is 378 g/mol. The van der Waals surface area contributed by atoms with Crippen molar-refractivity contribution in [3.8, 4) is 0 Å². The zero-order chi connectivity index (χ0) is 21.2. The van der Waals surface area contributed by atoms with Crippen molar-refractivity contribution >= 4 is 16.1 Å². The maximum Gasteiger partial charge on any atom is 0.315 e. The third kappa shape index (κ3) is 7.77. The highest BCUT2D eigenvalue weighted by atomic mass is 32.2. The zero-order valence-corrected chi connectivity index (χ0v) is 18.5. The molecule has 2 N–H and O–H groups in total. The van der Waals surface area contributed by atoms with Gasteiger partial charge in [0.1, 0.15) is 0 Å². The molecule has 0 radical (unpaired) electrons. The smallest absolute Gasteiger partial charge is 0.315 e. The number of carbonyl (C=O) groups excluding carboxylic acids is 1. The first-order valence-electron chi connectivity index (χ1n) is 9.94. The Labute approximate surface area is 169 Å². The van der Waals surface area contributed by atoms with Crippen LogP contribution in [0.25, 0.3) is 0 Å². The van der Waals surface area contributed by atoms with Crippen LogP contribution in [0.1, 0.15) is 52.6 Å². The first-order chi connectivity index (χ1) is 13.2. The minimum atomic E-state index is -3.47. The molecular formula is C20H35N3O4S. The Kier molecular flexibility index (Phi) is 10.5. The third-order valence-electron chi connectivity index (χ3n) is 4.27. The Morgan fingerprint density at radius 2 is 1.71 bits per heavy atom. The standard InChI is InChI=1S/C20H35N3O4S/c1-6-23(7-2)28(25,26)19-11-9-18(10-12-19)17(5)22-20(24)21-13-8-14-27-15-16(3)4/h9-12,16-17H,6-8,13-15H2,1-5H3,(H2,21,22,24)/t17-/m1/s1. The van der Waals surface area contributed by atoms with Gasteiger partial charge in [-0.25, -0.2) is 13.2 Å². The molecule has 160 valence electrons. The molecule has 1 rings (SSSR count). The van der Waals surface area contributed by atoms with E-state index in [0.29, 0.717) is 32.2 Å². The van der Waals surface area contributed by atoms with E-state index in [4.69, 9.17) is 4.74 Å². The Morgan fingerprint density at radius 3 is 2.25 bits per heavy atom. The van der Waals surface area contributed by atoms with Gasteiger partial charge in [0, 0.05) is 32.8 Å². The molecule has 0 aromatic heterocycles. The van der Waals surface area contributed by atoms with Gasteiger partial charge in [0.15, 0.2) is 0 Å². The van der Waals surface area contributed by atoms with Crippen LogP contribution < -0.4 is 10.6 Å². The Hall–Kier alpha value is -1.64. The second-order valence-electron chi connectivity index (χ2n) is 7.10.